The van der Waals surface area contributed by atoms with Gasteiger partial charge in [0.2, 0.25) is 11.8 Å². The highest BCUT2D eigenvalue weighted by molar-refractivity contribution is 5.97. The predicted molar refractivity (Wildman–Crippen MR) is 119 cm³/mol. The van der Waals surface area contributed by atoms with E-state index in [1.165, 1.54) is 5.56 Å². The summed E-state index contributed by atoms with van der Waals surface area (Å²) in [6.45, 7) is 3.03. The van der Waals surface area contributed by atoms with Gasteiger partial charge in [-0.1, -0.05) is 48.0 Å². The van der Waals surface area contributed by atoms with E-state index in [4.69, 9.17) is 0 Å². The number of carbonyl (C=O) groups excluding carboxylic acids is 2. The third-order valence-corrected chi connectivity index (χ3v) is 5.29. The maximum absolute atomic E-state index is 12.7. The van der Waals surface area contributed by atoms with E-state index in [2.05, 4.69) is 10.6 Å². The van der Waals surface area contributed by atoms with Crippen molar-refractivity contribution in [1.29, 1.82) is 0 Å². The van der Waals surface area contributed by atoms with Crippen molar-refractivity contribution in [1.82, 2.24) is 4.90 Å². The Morgan fingerprint density at radius 1 is 0.900 bits per heavy atom. The van der Waals surface area contributed by atoms with Gasteiger partial charge in [-0.15, -0.1) is 0 Å². The molecule has 0 bridgehead atoms. The molecule has 1 aliphatic heterocycles. The number of likely N-dealkylation sites (tertiary alicyclic amines) is 1. The van der Waals surface area contributed by atoms with Gasteiger partial charge >= 0.3 is 0 Å². The molecular weight excluding hydrogens is 374 g/mol. The molecule has 0 saturated carbocycles. The van der Waals surface area contributed by atoms with Crippen LogP contribution in [0.1, 0.15) is 17.5 Å². The predicted octanol–water partition coefficient (Wildman–Crippen LogP) is 4.73. The molecule has 2 amide bonds. The van der Waals surface area contributed by atoms with Crippen molar-refractivity contribution < 1.29 is 9.59 Å². The molecule has 0 aliphatic carbocycles. The molecule has 0 aromatic heterocycles. The fourth-order valence-electron chi connectivity index (χ4n) is 3.58. The molecule has 5 heteroatoms. The van der Waals surface area contributed by atoms with Crippen LogP contribution in [0, 0.1) is 12.8 Å². The zero-order valence-corrected chi connectivity index (χ0v) is 17.0. The highest BCUT2D eigenvalue weighted by Gasteiger charge is 2.34. The summed E-state index contributed by atoms with van der Waals surface area (Å²) in [6.07, 6.45) is 0.255. The Kier molecular flexibility index (Phi) is 5.80. The molecule has 4 rings (SSSR count). The van der Waals surface area contributed by atoms with Gasteiger partial charge in [-0.05, 0) is 48.9 Å². The fourth-order valence-corrected chi connectivity index (χ4v) is 3.58. The molecule has 1 fully saturated rings. The van der Waals surface area contributed by atoms with Crippen LogP contribution in [-0.4, -0.2) is 23.3 Å². The van der Waals surface area contributed by atoms with E-state index in [1.807, 2.05) is 85.8 Å². The lowest BCUT2D eigenvalue weighted by Gasteiger charge is -2.17. The van der Waals surface area contributed by atoms with Crippen molar-refractivity contribution >= 4 is 28.9 Å². The molecule has 3 aromatic carbocycles. The van der Waals surface area contributed by atoms with Crippen molar-refractivity contribution in [2.45, 2.75) is 19.9 Å². The Hall–Kier alpha value is -3.60. The zero-order chi connectivity index (χ0) is 20.9. The van der Waals surface area contributed by atoms with Crippen LogP contribution in [0.3, 0.4) is 0 Å². The number of anilines is 3. The van der Waals surface area contributed by atoms with E-state index in [1.54, 1.807) is 4.90 Å². The van der Waals surface area contributed by atoms with Gasteiger partial charge in [-0.25, -0.2) is 0 Å². The molecular formula is C25H25N3O2. The minimum absolute atomic E-state index is 0.0261. The number of amides is 2. The summed E-state index contributed by atoms with van der Waals surface area (Å²) >= 11 is 0. The molecule has 0 radical (unpaired) electrons. The number of para-hydroxylation sites is 1. The van der Waals surface area contributed by atoms with Crippen LogP contribution in [0.5, 0.6) is 0 Å². The van der Waals surface area contributed by atoms with Crippen molar-refractivity contribution in [3.05, 3.63) is 90.0 Å². The monoisotopic (exact) mass is 399 g/mol. The highest BCUT2D eigenvalue weighted by atomic mass is 16.2. The number of nitrogens with zero attached hydrogens (tertiary/aromatic N) is 1. The molecule has 1 heterocycles. The second kappa shape index (κ2) is 8.82. The van der Waals surface area contributed by atoms with Crippen LogP contribution in [0.2, 0.25) is 0 Å². The van der Waals surface area contributed by atoms with Crippen LogP contribution in [0.25, 0.3) is 0 Å². The zero-order valence-electron chi connectivity index (χ0n) is 17.0. The Balaban J connectivity index is 1.32. The Bertz CT molecular complexity index is 1010. The van der Waals surface area contributed by atoms with Crippen LogP contribution < -0.4 is 10.6 Å². The van der Waals surface area contributed by atoms with Gasteiger partial charge in [0.25, 0.3) is 0 Å². The lowest BCUT2D eigenvalue weighted by molar-refractivity contribution is -0.128. The summed E-state index contributed by atoms with van der Waals surface area (Å²) in [4.78, 5) is 26.8. The van der Waals surface area contributed by atoms with E-state index in [0.29, 0.717) is 13.1 Å². The second-order valence-corrected chi connectivity index (χ2v) is 7.72. The van der Waals surface area contributed by atoms with E-state index in [0.717, 1.165) is 22.6 Å². The second-order valence-electron chi connectivity index (χ2n) is 7.72. The van der Waals surface area contributed by atoms with E-state index in [-0.39, 0.29) is 24.2 Å². The molecule has 152 valence electrons. The Labute approximate surface area is 176 Å². The third kappa shape index (κ3) is 4.87. The third-order valence-electron chi connectivity index (χ3n) is 5.29. The van der Waals surface area contributed by atoms with Gasteiger partial charge in [0.15, 0.2) is 0 Å². The molecule has 1 atom stereocenters. The number of carbonyl (C=O) groups is 2. The van der Waals surface area contributed by atoms with Crippen LogP contribution in [0.15, 0.2) is 78.9 Å². The van der Waals surface area contributed by atoms with Gasteiger partial charge < -0.3 is 15.5 Å². The van der Waals surface area contributed by atoms with Crippen LogP contribution >= 0.6 is 0 Å². The lowest BCUT2D eigenvalue weighted by atomic mass is 10.1. The highest BCUT2D eigenvalue weighted by Crippen LogP contribution is 2.23. The summed E-state index contributed by atoms with van der Waals surface area (Å²) in [7, 11) is 0. The summed E-state index contributed by atoms with van der Waals surface area (Å²) < 4.78 is 0. The molecule has 3 aromatic rings. The van der Waals surface area contributed by atoms with E-state index in [9.17, 15) is 9.59 Å². The minimum Gasteiger partial charge on any atom is -0.356 e. The van der Waals surface area contributed by atoms with Crippen LogP contribution in [-0.2, 0) is 16.1 Å². The van der Waals surface area contributed by atoms with Gasteiger partial charge in [0.05, 0.1) is 5.92 Å². The molecule has 30 heavy (non-hydrogen) atoms. The number of aryl methyl sites for hydroxylation is 1. The first-order valence-electron chi connectivity index (χ1n) is 10.1. The molecule has 5 nitrogen and oxygen atoms in total. The van der Waals surface area contributed by atoms with Gasteiger partial charge in [0.1, 0.15) is 0 Å². The van der Waals surface area contributed by atoms with Crippen molar-refractivity contribution in [2.75, 3.05) is 17.2 Å². The van der Waals surface area contributed by atoms with E-state index >= 15 is 0 Å². The first kappa shape index (κ1) is 19.7. The first-order chi connectivity index (χ1) is 14.6. The average Bonchev–Trinajstić information content (AvgIpc) is 3.12. The Morgan fingerprint density at radius 3 is 2.23 bits per heavy atom. The van der Waals surface area contributed by atoms with Gasteiger partial charge in [0, 0.05) is 36.6 Å². The summed E-state index contributed by atoms with van der Waals surface area (Å²) in [5.74, 6) is -0.415. The van der Waals surface area contributed by atoms with Gasteiger partial charge in [-0.2, -0.15) is 0 Å². The quantitative estimate of drug-likeness (QED) is 0.630. The standard InChI is InChI=1S/C25H25N3O2/c1-18-7-9-19(10-8-18)16-28-17-20(15-24(28)29)25(30)27-23-13-11-22(12-14-23)26-21-5-3-2-4-6-21/h2-14,20,26H,15-17H2,1H3,(H,27,30). The molecule has 0 spiro atoms. The number of nitrogens with one attached hydrogen (secondary N) is 2. The fraction of sp³-hybridized carbons (Fsp3) is 0.200. The van der Waals surface area contributed by atoms with Crippen molar-refractivity contribution in [3.63, 3.8) is 0 Å². The number of rotatable bonds is 6. The van der Waals surface area contributed by atoms with Crippen molar-refractivity contribution in [2.24, 2.45) is 5.92 Å². The number of hydrogen-bond acceptors (Lipinski definition) is 3. The Morgan fingerprint density at radius 2 is 1.53 bits per heavy atom. The molecule has 1 unspecified atom stereocenters. The van der Waals surface area contributed by atoms with E-state index < -0.39 is 0 Å². The van der Waals surface area contributed by atoms with Crippen molar-refractivity contribution in [3.8, 4) is 0 Å². The number of hydrogen-bond donors (Lipinski definition) is 2. The normalized spacial score (nSPS) is 15.8. The molecule has 1 saturated heterocycles. The smallest absolute Gasteiger partial charge is 0.229 e. The van der Waals surface area contributed by atoms with Crippen LogP contribution in [0.4, 0.5) is 17.1 Å². The molecule has 2 N–H and O–H groups in total. The minimum atomic E-state index is -0.329. The number of benzene rings is 3. The first-order valence-corrected chi connectivity index (χ1v) is 10.1. The summed E-state index contributed by atoms with van der Waals surface area (Å²) in [5, 5.41) is 6.26. The summed E-state index contributed by atoms with van der Waals surface area (Å²) in [6, 6.07) is 25.6. The summed E-state index contributed by atoms with van der Waals surface area (Å²) in [5.41, 5.74) is 4.94. The average molecular weight is 399 g/mol. The topological polar surface area (TPSA) is 61.4 Å². The SMILES string of the molecule is Cc1ccc(CN2CC(C(=O)Nc3ccc(Nc4ccccc4)cc3)CC2=O)cc1. The largest absolute Gasteiger partial charge is 0.356 e. The molecule has 1 aliphatic rings. The lowest BCUT2D eigenvalue weighted by Crippen LogP contribution is -2.28. The van der Waals surface area contributed by atoms with Gasteiger partial charge in [-0.3, -0.25) is 9.59 Å². The maximum atomic E-state index is 12.7. The maximum Gasteiger partial charge on any atom is 0.229 e.